The summed E-state index contributed by atoms with van der Waals surface area (Å²) >= 11 is 5.19. The number of carbonyl (C=O) groups is 1. The maximum absolute atomic E-state index is 12.6. The summed E-state index contributed by atoms with van der Waals surface area (Å²) in [5.41, 5.74) is 2.74. The molecule has 1 N–H and O–H groups in total. The van der Waals surface area contributed by atoms with E-state index in [1.165, 1.54) is 0 Å². The van der Waals surface area contributed by atoms with Crippen molar-refractivity contribution in [2.45, 2.75) is 18.0 Å². The molecule has 4 nitrogen and oxygen atoms in total. The number of anilines is 1. The van der Waals surface area contributed by atoms with Crippen LogP contribution in [-0.4, -0.2) is 17.0 Å². The Morgan fingerprint density at radius 3 is 2.79 bits per heavy atom. The SMILES string of the molecule is Cc1c(C(=O)Nc2ccccc2)cc(C#N)c2[n+]1C(CBr)CS2.[Br-]. The van der Waals surface area contributed by atoms with E-state index in [1.807, 2.05) is 37.3 Å². The number of thioether (sulfide) groups is 1. The number of hydrogen-bond donors (Lipinski definition) is 1. The fraction of sp³-hybridized carbons (Fsp3) is 0.235. The number of nitriles is 1. The molecule has 1 aromatic carbocycles. The lowest BCUT2D eigenvalue weighted by atomic mass is 10.1. The first-order valence-corrected chi connectivity index (χ1v) is 9.30. The van der Waals surface area contributed by atoms with Crippen LogP contribution in [0.4, 0.5) is 5.69 Å². The summed E-state index contributed by atoms with van der Waals surface area (Å²) in [7, 11) is 0. The lowest BCUT2D eigenvalue weighted by molar-refractivity contribution is -0.748. The average Bonchev–Trinajstić information content (AvgIpc) is 3.01. The van der Waals surface area contributed by atoms with Crippen LogP contribution in [0.5, 0.6) is 0 Å². The Labute approximate surface area is 164 Å². The molecule has 24 heavy (non-hydrogen) atoms. The highest BCUT2D eigenvalue weighted by Gasteiger charge is 2.37. The lowest BCUT2D eigenvalue weighted by Gasteiger charge is -2.10. The maximum Gasteiger partial charge on any atom is 0.262 e. The highest BCUT2D eigenvalue weighted by Crippen LogP contribution is 2.32. The van der Waals surface area contributed by atoms with Gasteiger partial charge in [0.25, 0.3) is 10.9 Å². The molecule has 124 valence electrons. The molecule has 0 bridgehead atoms. The molecule has 7 heteroatoms. The van der Waals surface area contributed by atoms with Gasteiger partial charge in [0.2, 0.25) is 0 Å². The second-order valence-electron chi connectivity index (χ2n) is 5.28. The largest absolute Gasteiger partial charge is 1.00 e. The quantitative estimate of drug-likeness (QED) is 0.525. The topological polar surface area (TPSA) is 56.8 Å². The number of halogens is 2. The van der Waals surface area contributed by atoms with Crippen LogP contribution in [0.2, 0.25) is 0 Å². The Balaban J connectivity index is 0.00000208. The number of alkyl halides is 1. The van der Waals surface area contributed by atoms with Crippen molar-refractivity contribution in [2.24, 2.45) is 0 Å². The fourth-order valence-electron chi connectivity index (χ4n) is 2.70. The van der Waals surface area contributed by atoms with E-state index in [2.05, 4.69) is 31.9 Å². The minimum atomic E-state index is -0.189. The number of amides is 1. The third-order valence-corrected chi connectivity index (χ3v) is 5.83. The summed E-state index contributed by atoms with van der Waals surface area (Å²) in [5, 5.41) is 14.1. The van der Waals surface area contributed by atoms with Gasteiger partial charge < -0.3 is 22.3 Å². The van der Waals surface area contributed by atoms with Crippen molar-refractivity contribution >= 4 is 39.3 Å². The van der Waals surface area contributed by atoms with Gasteiger partial charge in [-0.3, -0.25) is 4.79 Å². The molecule has 0 spiro atoms. The number of carbonyl (C=O) groups excluding carboxylic acids is 1. The molecular weight excluding hydrogens is 454 g/mol. The number of fused-ring (bicyclic) bond motifs is 1. The van der Waals surface area contributed by atoms with Gasteiger partial charge in [-0.05, 0) is 30.0 Å². The minimum absolute atomic E-state index is 0. The first kappa shape index (κ1) is 19.0. The van der Waals surface area contributed by atoms with E-state index in [0.717, 1.165) is 27.5 Å². The van der Waals surface area contributed by atoms with Crippen LogP contribution in [0.1, 0.15) is 27.7 Å². The minimum Gasteiger partial charge on any atom is -1.00 e. The molecule has 1 unspecified atom stereocenters. The van der Waals surface area contributed by atoms with Crippen molar-refractivity contribution in [3.05, 3.63) is 53.2 Å². The molecule has 2 heterocycles. The predicted molar refractivity (Wildman–Crippen MR) is 94.0 cm³/mol. The Bertz CT molecular complexity index is 806. The van der Waals surface area contributed by atoms with Crippen molar-refractivity contribution in [1.29, 1.82) is 5.26 Å². The fourth-order valence-corrected chi connectivity index (χ4v) is 4.83. The number of rotatable bonds is 3. The molecule has 0 saturated carbocycles. The number of aromatic nitrogens is 1. The highest BCUT2D eigenvalue weighted by molar-refractivity contribution is 9.09. The van der Waals surface area contributed by atoms with Gasteiger partial charge in [0.05, 0.1) is 11.1 Å². The molecule has 0 radical (unpaired) electrons. The summed E-state index contributed by atoms with van der Waals surface area (Å²) in [6, 6.07) is 13.5. The third kappa shape index (κ3) is 3.51. The van der Waals surface area contributed by atoms with Gasteiger partial charge in [-0.1, -0.05) is 34.1 Å². The van der Waals surface area contributed by atoms with Gasteiger partial charge in [0, 0.05) is 12.6 Å². The number of hydrogen-bond acceptors (Lipinski definition) is 3. The van der Waals surface area contributed by atoms with Crippen LogP contribution in [-0.2, 0) is 0 Å². The molecule has 1 amide bonds. The van der Waals surface area contributed by atoms with Crippen molar-refractivity contribution in [3.8, 4) is 6.07 Å². The van der Waals surface area contributed by atoms with Crippen LogP contribution in [0.25, 0.3) is 0 Å². The summed E-state index contributed by atoms with van der Waals surface area (Å²) in [6.07, 6.45) is 0. The molecule has 1 aliphatic heterocycles. The molecule has 1 aromatic heterocycles. The zero-order chi connectivity index (χ0) is 16.4. The number of pyridine rings is 1. The first-order valence-electron chi connectivity index (χ1n) is 7.20. The third-order valence-electron chi connectivity index (χ3n) is 3.84. The second-order valence-corrected chi connectivity index (χ2v) is 6.94. The van der Waals surface area contributed by atoms with Crippen LogP contribution >= 0.6 is 27.7 Å². The highest BCUT2D eigenvalue weighted by atomic mass is 79.9. The molecule has 1 atom stereocenters. The summed E-state index contributed by atoms with van der Waals surface area (Å²) < 4.78 is 2.11. The van der Waals surface area contributed by atoms with E-state index in [9.17, 15) is 10.1 Å². The molecule has 1 aliphatic rings. The standard InChI is InChI=1S/C17H14BrN3OS.BrH/c1-11-15(16(22)20-13-5-3-2-4-6-13)7-12(9-19)17-21(11)14(8-18)10-23-17;/h2-7,14H,8,10H2,1H3;1H. The van der Waals surface area contributed by atoms with Gasteiger partial charge in [-0.2, -0.15) is 9.83 Å². The second kappa shape index (κ2) is 8.15. The van der Waals surface area contributed by atoms with Gasteiger partial charge in [-0.15, -0.1) is 0 Å². The van der Waals surface area contributed by atoms with Gasteiger partial charge in [-0.25, -0.2) is 0 Å². The maximum atomic E-state index is 12.6. The van der Waals surface area contributed by atoms with Gasteiger partial charge >= 0.3 is 0 Å². The summed E-state index contributed by atoms with van der Waals surface area (Å²) in [5.74, 6) is 0.718. The molecule has 3 rings (SSSR count). The molecule has 0 aliphatic carbocycles. The van der Waals surface area contributed by atoms with Crippen molar-refractivity contribution in [3.63, 3.8) is 0 Å². The molecular formula is C17H15Br2N3OS. The van der Waals surface area contributed by atoms with E-state index in [1.54, 1.807) is 17.8 Å². The Kier molecular flexibility index (Phi) is 6.44. The number of nitrogens with zero attached hydrogens (tertiary/aromatic N) is 2. The summed E-state index contributed by atoms with van der Waals surface area (Å²) in [6.45, 7) is 1.94. The zero-order valence-electron chi connectivity index (χ0n) is 12.9. The van der Waals surface area contributed by atoms with Crippen LogP contribution in [0, 0.1) is 18.3 Å². The Hall–Kier alpha value is -1.36. The first-order chi connectivity index (χ1) is 11.2. The van der Waals surface area contributed by atoms with Crippen molar-refractivity contribution < 1.29 is 26.3 Å². The van der Waals surface area contributed by atoms with Crippen molar-refractivity contribution in [1.82, 2.24) is 0 Å². The van der Waals surface area contributed by atoms with Gasteiger partial charge in [0.15, 0.2) is 11.7 Å². The van der Waals surface area contributed by atoms with E-state index in [0.29, 0.717) is 11.1 Å². The Morgan fingerprint density at radius 1 is 1.46 bits per heavy atom. The Morgan fingerprint density at radius 2 is 2.17 bits per heavy atom. The normalized spacial score (nSPS) is 15.1. The summed E-state index contributed by atoms with van der Waals surface area (Å²) in [4.78, 5) is 12.6. The lowest BCUT2D eigenvalue weighted by Crippen LogP contribution is -3.00. The van der Waals surface area contributed by atoms with E-state index in [4.69, 9.17) is 0 Å². The van der Waals surface area contributed by atoms with E-state index < -0.39 is 0 Å². The van der Waals surface area contributed by atoms with Crippen molar-refractivity contribution in [2.75, 3.05) is 16.4 Å². The van der Waals surface area contributed by atoms with Crippen LogP contribution in [0.15, 0.2) is 41.4 Å². The zero-order valence-corrected chi connectivity index (χ0v) is 16.9. The molecule has 0 fully saturated rings. The number of benzene rings is 1. The number of nitrogens with one attached hydrogen (secondary N) is 1. The molecule has 0 saturated heterocycles. The van der Waals surface area contributed by atoms with E-state index >= 15 is 0 Å². The van der Waals surface area contributed by atoms with Crippen LogP contribution in [0.3, 0.4) is 0 Å². The van der Waals surface area contributed by atoms with Crippen LogP contribution < -0.4 is 26.9 Å². The van der Waals surface area contributed by atoms with Gasteiger partial charge in [0.1, 0.15) is 17.2 Å². The monoisotopic (exact) mass is 467 g/mol. The number of para-hydroxylation sites is 1. The molecule has 2 aromatic rings. The average molecular weight is 469 g/mol. The predicted octanol–water partition coefficient (Wildman–Crippen LogP) is 0.452. The van der Waals surface area contributed by atoms with E-state index in [-0.39, 0.29) is 28.9 Å². The smallest absolute Gasteiger partial charge is 0.262 e.